The largest absolute Gasteiger partial charge is 0.616 e. The summed E-state index contributed by atoms with van der Waals surface area (Å²) in [6, 6.07) is 71.1. The Hall–Kier alpha value is -7.23. The van der Waals surface area contributed by atoms with Gasteiger partial charge in [0.15, 0.2) is 11.4 Å². The molecule has 54 heavy (non-hydrogen) atoms. The van der Waals surface area contributed by atoms with Crippen molar-refractivity contribution in [3.63, 3.8) is 0 Å². The summed E-state index contributed by atoms with van der Waals surface area (Å²) in [5, 5.41) is 25.6. The normalized spacial score (nSPS) is 12.3. The number of hydrogen-bond donors (Lipinski definition) is 0. The Bertz CT molecular complexity index is 2410. The lowest BCUT2D eigenvalue weighted by molar-refractivity contribution is 0.710. The minimum atomic E-state index is -0.751. The van der Waals surface area contributed by atoms with Crippen LogP contribution in [0.2, 0.25) is 0 Å². The van der Waals surface area contributed by atoms with Crippen molar-refractivity contribution in [3.05, 3.63) is 217 Å². The first-order chi connectivity index (χ1) is 26.6. The number of benzene rings is 8. The van der Waals surface area contributed by atoms with E-state index in [1.807, 2.05) is 146 Å². The molecule has 0 saturated heterocycles. The quantitative estimate of drug-likeness (QED) is 0.117. The Kier molecular flexibility index (Phi) is 8.30. The van der Waals surface area contributed by atoms with E-state index in [4.69, 9.17) is 0 Å². The van der Waals surface area contributed by atoms with Crippen molar-refractivity contribution in [2.45, 2.75) is 0 Å². The highest BCUT2D eigenvalue weighted by Crippen LogP contribution is 2.59. The molecule has 5 nitrogen and oxygen atoms in total. The number of para-hydroxylation sites is 4. The van der Waals surface area contributed by atoms with Crippen molar-refractivity contribution < 1.29 is 0 Å². The molecule has 8 aromatic carbocycles. The van der Waals surface area contributed by atoms with Crippen molar-refractivity contribution >= 4 is 51.2 Å². The van der Waals surface area contributed by atoms with Gasteiger partial charge in [-0.1, -0.05) is 91.0 Å². The van der Waals surface area contributed by atoms with Gasteiger partial charge in [-0.15, -0.1) is 0 Å². The molecule has 0 saturated carbocycles. The van der Waals surface area contributed by atoms with Crippen LogP contribution in [-0.4, -0.2) is 0 Å². The van der Waals surface area contributed by atoms with Gasteiger partial charge in [-0.05, 0) is 102 Å². The van der Waals surface area contributed by atoms with Crippen molar-refractivity contribution in [2.75, 3.05) is 9.80 Å². The molecule has 0 spiro atoms. The molecule has 1 aliphatic rings. The standard InChI is InChI=1S/C49H34N4O/c50-35-37-15-13-14-24-45(37)36-25-29-44(30-26-36)53(54)48-31-27-42(51(38-16-5-1-6-17-38)39-18-7-2-8-19-39)33-46(48)47-34-43(28-32-49(47)53)52(40-20-9-3-10-21-40)41-22-11-4-12-23-41/h1-34H. The molecule has 0 fully saturated rings. The van der Waals surface area contributed by atoms with Gasteiger partial charge >= 0.3 is 0 Å². The molecular weight excluding hydrogens is 661 g/mol. The van der Waals surface area contributed by atoms with Gasteiger partial charge in [0.05, 0.1) is 22.8 Å². The summed E-state index contributed by atoms with van der Waals surface area (Å²) in [4.78, 5) is 4.45. The van der Waals surface area contributed by atoms with E-state index in [9.17, 15) is 5.26 Å². The van der Waals surface area contributed by atoms with E-state index in [0.29, 0.717) is 22.6 Å². The third kappa shape index (κ3) is 5.60. The molecule has 0 amide bonds. The van der Waals surface area contributed by atoms with E-state index < -0.39 is 4.65 Å². The number of rotatable bonds is 8. The predicted octanol–water partition coefficient (Wildman–Crippen LogP) is 13.6. The van der Waals surface area contributed by atoms with Gasteiger partial charge in [0.2, 0.25) is 0 Å². The first kappa shape index (κ1) is 32.7. The maximum absolute atomic E-state index is 15.8. The highest BCUT2D eigenvalue weighted by molar-refractivity contribution is 6.02. The van der Waals surface area contributed by atoms with E-state index in [-0.39, 0.29) is 0 Å². The smallest absolute Gasteiger partial charge is 0.151 e. The Morgan fingerprint density at radius 3 is 1.19 bits per heavy atom. The van der Waals surface area contributed by atoms with Crippen molar-refractivity contribution in [1.82, 2.24) is 4.65 Å². The lowest BCUT2D eigenvalue weighted by atomic mass is 10.00. The molecule has 5 heteroatoms. The van der Waals surface area contributed by atoms with E-state index >= 15 is 5.21 Å². The molecule has 0 radical (unpaired) electrons. The van der Waals surface area contributed by atoms with Crippen molar-refractivity contribution in [1.29, 1.82) is 5.26 Å². The number of hydrogen-bond acceptors (Lipinski definition) is 4. The predicted molar refractivity (Wildman–Crippen MR) is 222 cm³/mol. The minimum Gasteiger partial charge on any atom is -0.616 e. The van der Waals surface area contributed by atoms with Crippen LogP contribution in [-0.2, 0) is 0 Å². The minimum absolute atomic E-state index is 0.583. The van der Waals surface area contributed by atoms with Gasteiger partial charge in [-0.2, -0.15) is 5.26 Å². The second-order valence-corrected chi connectivity index (χ2v) is 13.2. The number of fused-ring (bicyclic) bond motifs is 3. The van der Waals surface area contributed by atoms with Crippen LogP contribution in [0.15, 0.2) is 206 Å². The van der Waals surface area contributed by atoms with Crippen LogP contribution in [0.1, 0.15) is 5.56 Å². The maximum Gasteiger partial charge on any atom is 0.151 e. The van der Waals surface area contributed by atoms with E-state index in [1.54, 1.807) is 0 Å². The topological polar surface area (TPSA) is 53.3 Å². The molecule has 0 bridgehead atoms. The van der Waals surface area contributed by atoms with Gasteiger partial charge < -0.3 is 15.0 Å². The van der Waals surface area contributed by atoms with Gasteiger partial charge in [0.25, 0.3) is 0 Å². The molecular formula is C49H34N4O. The summed E-state index contributed by atoms with van der Waals surface area (Å²) in [7, 11) is 0. The van der Waals surface area contributed by atoms with Crippen LogP contribution in [0, 0.1) is 16.5 Å². The van der Waals surface area contributed by atoms with Crippen LogP contribution in [0.25, 0.3) is 22.3 Å². The summed E-state index contributed by atoms with van der Waals surface area (Å²) in [6.07, 6.45) is 0. The zero-order chi connectivity index (χ0) is 36.5. The van der Waals surface area contributed by atoms with Crippen LogP contribution < -0.4 is 14.4 Å². The number of nitrogens with zero attached hydrogens (tertiary/aromatic N) is 4. The van der Waals surface area contributed by atoms with E-state index in [2.05, 4.69) is 76.5 Å². The number of quaternary nitrogens is 1. The zero-order valence-electron chi connectivity index (χ0n) is 29.3. The van der Waals surface area contributed by atoms with Crippen molar-refractivity contribution in [3.8, 4) is 28.3 Å². The SMILES string of the molecule is N#Cc1ccccc1-c1ccc([N+]2([O-])c3ccc(N(c4ccccc4)c4ccccc4)cc3-c3cc(N(c4ccccc4)c4ccccc4)ccc32)cc1. The third-order valence-electron chi connectivity index (χ3n) is 10.1. The second kappa shape index (κ2) is 13.7. The van der Waals surface area contributed by atoms with Crippen LogP contribution in [0.4, 0.5) is 51.2 Å². The Balaban J connectivity index is 1.25. The molecule has 256 valence electrons. The number of nitriles is 1. The molecule has 0 aromatic heterocycles. The molecule has 0 N–H and O–H groups in total. The van der Waals surface area contributed by atoms with Gasteiger partial charge in [0, 0.05) is 58.4 Å². The summed E-state index contributed by atoms with van der Waals surface area (Å²) in [5.74, 6) is 0. The van der Waals surface area contributed by atoms with Gasteiger partial charge in [0.1, 0.15) is 5.69 Å². The molecule has 1 heterocycles. The average Bonchev–Trinajstić information content (AvgIpc) is 3.50. The zero-order valence-corrected chi connectivity index (χ0v) is 29.3. The molecule has 8 aromatic rings. The van der Waals surface area contributed by atoms with Crippen LogP contribution in [0.5, 0.6) is 0 Å². The summed E-state index contributed by atoms with van der Waals surface area (Å²) < 4.78 is -0.751. The second-order valence-electron chi connectivity index (χ2n) is 13.2. The number of anilines is 6. The lowest BCUT2D eigenvalue weighted by Crippen LogP contribution is -2.29. The Morgan fingerprint density at radius 1 is 0.389 bits per heavy atom. The molecule has 9 rings (SSSR count). The molecule has 0 atom stereocenters. The molecule has 0 unspecified atom stereocenters. The lowest BCUT2D eigenvalue weighted by Gasteiger charge is -2.38. The molecule has 1 aliphatic heterocycles. The fourth-order valence-corrected chi connectivity index (χ4v) is 7.60. The average molecular weight is 695 g/mol. The fourth-order valence-electron chi connectivity index (χ4n) is 7.60. The van der Waals surface area contributed by atoms with Gasteiger partial charge in [-0.25, -0.2) is 0 Å². The first-order valence-electron chi connectivity index (χ1n) is 17.9. The maximum atomic E-state index is 15.8. The first-order valence-corrected chi connectivity index (χ1v) is 17.9. The van der Waals surface area contributed by atoms with Crippen LogP contribution >= 0.6 is 0 Å². The fraction of sp³-hybridized carbons (Fsp3) is 0. The third-order valence-corrected chi connectivity index (χ3v) is 10.1. The highest BCUT2D eigenvalue weighted by atomic mass is 16.5. The van der Waals surface area contributed by atoms with Crippen LogP contribution in [0.3, 0.4) is 0 Å². The Labute approximate surface area is 315 Å². The Morgan fingerprint density at radius 2 is 0.778 bits per heavy atom. The summed E-state index contributed by atoms with van der Waals surface area (Å²) in [5.41, 5.74) is 11.9. The van der Waals surface area contributed by atoms with Crippen molar-refractivity contribution in [2.24, 2.45) is 0 Å². The summed E-state index contributed by atoms with van der Waals surface area (Å²) >= 11 is 0. The van der Waals surface area contributed by atoms with Gasteiger partial charge in [-0.3, -0.25) is 4.65 Å². The monoisotopic (exact) mass is 694 g/mol. The van der Waals surface area contributed by atoms with E-state index in [1.165, 1.54) is 0 Å². The van der Waals surface area contributed by atoms with E-state index in [0.717, 1.165) is 56.4 Å². The highest BCUT2D eigenvalue weighted by Gasteiger charge is 2.40. The summed E-state index contributed by atoms with van der Waals surface area (Å²) in [6.45, 7) is 0. The molecule has 0 aliphatic carbocycles.